The lowest BCUT2D eigenvalue weighted by molar-refractivity contribution is 0.0585. The van der Waals surface area contributed by atoms with Gasteiger partial charge in [0, 0.05) is 0 Å². The molecule has 0 saturated heterocycles. The summed E-state index contributed by atoms with van der Waals surface area (Å²) in [5, 5.41) is -0.730. The fourth-order valence-electron chi connectivity index (χ4n) is 0.772. The average molecular weight is 241 g/mol. The summed E-state index contributed by atoms with van der Waals surface area (Å²) in [6.07, 6.45) is -3.06. The van der Waals surface area contributed by atoms with E-state index in [-0.39, 0.29) is 0 Å². The predicted molar refractivity (Wildman–Crippen MR) is 43.3 cm³/mol. The molecular formula is C7H4ClF3N2O2. The maximum Gasteiger partial charge on any atom is 0.361 e. The molecule has 0 bridgehead atoms. The highest BCUT2D eigenvalue weighted by Gasteiger charge is 2.23. The van der Waals surface area contributed by atoms with Gasteiger partial charge in [0.25, 0.3) is 6.43 Å². The quantitative estimate of drug-likeness (QED) is 0.742. The molecule has 82 valence electrons. The zero-order chi connectivity index (χ0) is 11.6. The molecule has 15 heavy (non-hydrogen) atoms. The highest BCUT2D eigenvalue weighted by molar-refractivity contribution is 6.30. The fraction of sp³-hybridized carbons (Fsp3) is 0.286. The van der Waals surface area contributed by atoms with Crippen molar-refractivity contribution < 1.29 is 22.7 Å². The van der Waals surface area contributed by atoms with Crippen LogP contribution < -0.4 is 0 Å². The van der Waals surface area contributed by atoms with Gasteiger partial charge >= 0.3 is 5.97 Å². The van der Waals surface area contributed by atoms with E-state index >= 15 is 0 Å². The van der Waals surface area contributed by atoms with Gasteiger partial charge in [-0.1, -0.05) is 11.6 Å². The molecular weight excluding hydrogens is 237 g/mol. The summed E-state index contributed by atoms with van der Waals surface area (Å²) < 4.78 is 41.4. The molecule has 4 nitrogen and oxygen atoms in total. The van der Waals surface area contributed by atoms with Crippen LogP contribution in [0.15, 0.2) is 0 Å². The van der Waals surface area contributed by atoms with E-state index in [2.05, 4.69) is 14.7 Å². The second kappa shape index (κ2) is 4.43. The Morgan fingerprint density at radius 3 is 2.53 bits per heavy atom. The van der Waals surface area contributed by atoms with Crippen LogP contribution in [0.4, 0.5) is 13.2 Å². The summed E-state index contributed by atoms with van der Waals surface area (Å²) in [6, 6.07) is 0. The van der Waals surface area contributed by atoms with Gasteiger partial charge in [-0.15, -0.1) is 0 Å². The maximum absolute atomic E-state index is 13.0. The molecule has 1 aromatic heterocycles. The van der Waals surface area contributed by atoms with Crippen molar-refractivity contribution in [2.75, 3.05) is 7.11 Å². The van der Waals surface area contributed by atoms with Crippen molar-refractivity contribution in [2.24, 2.45) is 0 Å². The molecule has 8 heteroatoms. The molecule has 0 atom stereocenters. The molecule has 0 aromatic carbocycles. The molecule has 0 radical (unpaired) electrons. The van der Waals surface area contributed by atoms with Gasteiger partial charge in [0.05, 0.1) is 7.11 Å². The Balaban J connectivity index is 3.25. The second-order valence-corrected chi connectivity index (χ2v) is 2.69. The number of nitrogens with zero attached hydrogens (tertiary/aromatic N) is 2. The number of methoxy groups -OCH3 is 1. The van der Waals surface area contributed by atoms with Crippen molar-refractivity contribution in [3.05, 3.63) is 22.5 Å². The van der Waals surface area contributed by atoms with Crippen LogP contribution in [-0.2, 0) is 4.74 Å². The highest BCUT2D eigenvalue weighted by Crippen LogP contribution is 2.24. The van der Waals surface area contributed by atoms with Crippen LogP contribution >= 0.6 is 11.6 Å². The van der Waals surface area contributed by atoms with Crippen LogP contribution in [0.25, 0.3) is 0 Å². The van der Waals surface area contributed by atoms with Crippen LogP contribution in [-0.4, -0.2) is 23.0 Å². The Kier molecular flexibility index (Phi) is 3.46. The SMILES string of the molecule is COC(=O)c1nc(Cl)c(C(F)F)nc1F. The van der Waals surface area contributed by atoms with E-state index in [0.29, 0.717) is 0 Å². The third-order valence-corrected chi connectivity index (χ3v) is 1.70. The number of carbonyl (C=O) groups excluding carboxylic acids is 1. The summed E-state index contributed by atoms with van der Waals surface area (Å²) in [5.74, 6) is -2.58. The summed E-state index contributed by atoms with van der Waals surface area (Å²) in [4.78, 5) is 16.8. The number of esters is 1. The van der Waals surface area contributed by atoms with Crippen molar-refractivity contribution in [3.8, 4) is 0 Å². The molecule has 0 aliphatic rings. The molecule has 1 rings (SSSR count). The summed E-state index contributed by atoms with van der Waals surface area (Å²) in [7, 11) is 0.985. The molecule has 1 aromatic rings. The second-order valence-electron chi connectivity index (χ2n) is 2.33. The van der Waals surface area contributed by atoms with Crippen molar-refractivity contribution in [3.63, 3.8) is 0 Å². The minimum atomic E-state index is -3.06. The number of aromatic nitrogens is 2. The van der Waals surface area contributed by atoms with E-state index in [1.807, 2.05) is 0 Å². The van der Waals surface area contributed by atoms with Gasteiger partial charge in [-0.3, -0.25) is 0 Å². The number of ether oxygens (including phenoxy) is 1. The number of rotatable bonds is 2. The first-order valence-electron chi connectivity index (χ1n) is 3.56. The Morgan fingerprint density at radius 1 is 1.47 bits per heavy atom. The zero-order valence-electron chi connectivity index (χ0n) is 7.30. The largest absolute Gasteiger partial charge is 0.464 e. The smallest absolute Gasteiger partial charge is 0.361 e. The minimum Gasteiger partial charge on any atom is -0.464 e. The summed E-state index contributed by atoms with van der Waals surface area (Å²) >= 11 is 5.27. The molecule has 0 amide bonds. The van der Waals surface area contributed by atoms with Gasteiger partial charge in [0.2, 0.25) is 11.6 Å². The van der Waals surface area contributed by atoms with E-state index in [4.69, 9.17) is 11.6 Å². The van der Waals surface area contributed by atoms with Gasteiger partial charge in [0.15, 0.2) is 5.15 Å². The summed E-state index contributed by atoms with van der Waals surface area (Å²) in [6.45, 7) is 0. The molecule has 0 saturated carbocycles. The standard InChI is InChI=1S/C7H4ClF3N2O2/c1-15-7(14)3-6(11)13-2(5(9)10)4(8)12-3/h5H,1H3. The minimum absolute atomic E-state index is 0.730. The lowest BCUT2D eigenvalue weighted by atomic mass is 10.4. The normalized spacial score (nSPS) is 10.5. The van der Waals surface area contributed by atoms with Crippen LogP contribution in [0.5, 0.6) is 0 Å². The lowest BCUT2D eigenvalue weighted by Crippen LogP contribution is -2.11. The van der Waals surface area contributed by atoms with Crippen LogP contribution in [0.3, 0.4) is 0 Å². The first-order valence-corrected chi connectivity index (χ1v) is 3.94. The van der Waals surface area contributed by atoms with Gasteiger partial charge in [-0.05, 0) is 0 Å². The van der Waals surface area contributed by atoms with Crippen molar-refractivity contribution >= 4 is 17.6 Å². The fourth-order valence-corrected chi connectivity index (χ4v) is 0.981. The molecule has 0 unspecified atom stereocenters. The van der Waals surface area contributed by atoms with E-state index in [1.54, 1.807) is 0 Å². The Morgan fingerprint density at radius 2 is 2.07 bits per heavy atom. The third-order valence-electron chi connectivity index (χ3n) is 1.42. The number of hydrogen-bond acceptors (Lipinski definition) is 4. The first kappa shape index (κ1) is 11.7. The number of halogens is 4. The molecule has 0 aliphatic carbocycles. The average Bonchev–Trinajstić information content (AvgIpc) is 2.19. The van der Waals surface area contributed by atoms with E-state index in [9.17, 15) is 18.0 Å². The van der Waals surface area contributed by atoms with Crippen LogP contribution in [0, 0.1) is 5.95 Å². The maximum atomic E-state index is 13.0. The zero-order valence-corrected chi connectivity index (χ0v) is 8.06. The van der Waals surface area contributed by atoms with E-state index < -0.39 is 34.9 Å². The first-order chi connectivity index (χ1) is 6.97. The van der Waals surface area contributed by atoms with Crippen LogP contribution in [0.2, 0.25) is 5.15 Å². The Labute approximate surface area is 87.0 Å². The Hall–Kier alpha value is -1.37. The van der Waals surface area contributed by atoms with E-state index in [1.165, 1.54) is 0 Å². The lowest BCUT2D eigenvalue weighted by Gasteiger charge is -2.04. The number of alkyl halides is 2. The van der Waals surface area contributed by atoms with Gasteiger partial charge in [0.1, 0.15) is 5.69 Å². The molecule has 1 heterocycles. The Bertz CT molecular complexity index is 400. The van der Waals surface area contributed by atoms with Crippen molar-refractivity contribution in [1.82, 2.24) is 9.97 Å². The van der Waals surface area contributed by atoms with Gasteiger partial charge in [-0.2, -0.15) is 4.39 Å². The number of carbonyl (C=O) groups is 1. The molecule has 0 aliphatic heterocycles. The monoisotopic (exact) mass is 240 g/mol. The molecule has 0 spiro atoms. The number of hydrogen-bond donors (Lipinski definition) is 0. The van der Waals surface area contributed by atoms with Crippen molar-refractivity contribution in [2.45, 2.75) is 6.43 Å². The van der Waals surface area contributed by atoms with Gasteiger partial charge < -0.3 is 4.74 Å². The summed E-state index contributed by atoms with van der Waals surface area (Å²) in [5.41, 5.74) is -1.84. The van der Waals surface area contributed by atoms with Crippen molar-refractivity contribution in [1.29, 1.82) is 0 Å². The molecule has 0 N–H and O–H groups in total. The van der Waals surface area contributed by atoms with Crippen LogP contribution in [0.1, 0.15) is 22.6 Å². The molecule has 0 fully saturated rings. The topological polar surface area (TPSA) is 52.1 Å². The third kappa shape index (κ3) is 2.35. The highest BCUT2D eigenvalue weighted by atomic mass is 35.5. The van der Waals surface area contributed by atoms with E-state index in [0.717, 1.165) is 7.11 Å². The van der Waals surface area contributed by atoms with Gasteiger partial charge in [-0.25, -0.2) is 23.5 Å². The predicted octanol–water partition coefficient (Wildman–Crippen LogP) is 1.99.